The van der Waals surface area contributed by atoms with E-state index in [1.165, 1.54) is 25.7 Å². The van der Waals surface area contributed by atoms with Crippen molar-refractivity contribution in [3.63, 3.8) is 0 Å². The lowest BCUT2D eigenvalue weighted by atomic mass is 9.55. The number of ketones is 1. The van der Waals surface area contributed by atoms with E-state index in [1.807, 2.05) is 0 Å². The van der Waals surface area contributed by atoms with Gasteiger partial charge in [-0.15, -0.1) is 0 Å². The molecule has 0 amide bonds. The van der Waals surface area contributed by atoms with E-state index in [4.69, 9.17) is 0 Å². The summed E-state index contributed by atoms with van der Waals surface area (Å²) in [5.74, 6) is 3.64. The van der Waals surface area contributed by atoms with Crippen LogP contribution in [0.2, 0.25) is 0 Å². The smallest absolute Gasteiger partial charge is 0.139 e. The van der Waals surface area contributed by atoms with Crippen molar-refractivity contribution in [3.8, 4) is 0 Å². The third-order valence-electron chi connectivity index (χ3n) is 6.65. The highest BCUT2D eigenvalue weighted by Crippen LogP contribution is 2.58. The predicted octanol–water partition coefficient (Wildman–Crippen LogP) is 4.29. The van der Waals surface area contributed by atoms with Crippen LogP contribution in [0.25, 0.3) is 0 Å². The molecule has 5 atom stereocenters. The fourth-order valence-corrected chi connectivity index (χ4v) is 5.51. The molecule has 0 N–H and O–H groups in total. The second kappa shape index (κ2) is 4.07. The molecule has 1 heteroatoms. The molecule has 0 aromatic heterocycles. The van der Waals surface area contributed by atoms with Crippen molar-refractivity contribution in [1.29, 1.82) is 0 Å². The Morgan fingerprint density at radius 2 is 1.95 bits per heavy atom. The molecule has 0 aromatic rings. The number of rotatable bonds is 0. The maximum atomic E-state index is 12.2. The molecule has 4 rings (SSSR count). The Kier molecular flexibility index (Phi) is 2.56. The van der Waals surface area contributed by atoms with Gasteiger partial charge in [0.25, 0.3) is 0 Å². The van der Waals surface area contributed by atoms with Gasteiger partial charge in [-0.1, -0.05) is 30.7 Å². The van der Waals surface area contributed by atoms with Gasteiger partial charge in [-0.05, 0) is 62.2 Å². The van der Waals surface area contributed by atoms with Crippen LogP contribution >= 0.6 is 0 Å². The molecule has 0 heterocycles. The predicted molar refractivity (Wildman–Crippen MR) is 76.6 cm³/mol. The summed E-state index contributed by atoms with van der Waals surface area (Å²) in [5.41, 5.74) is 1.74. The van der Waals surface area contributed by atoms with Gasteiger partial charge in [-0.2, -0.15) is 0 Å². The van der Waals surface area contributed by atoms with Gasteiger partial charge in [0.1, 0.15) is 5.78 Å². The minimum atomic E-state index is -0.00842. The standard InChI is InChI=1S/C18H24O/c1-18-11-10-14-13-5-3-2-4-12(13)6-7-15(14)16(18)8-9-17(18)19/h2-3,10,12-13,15-16H,4-9,11H2,1H3/t12?,13-,15+,16-,18-/m0/s1. The fraction of sp³-hybridized carbons (Fsp3) is 0.722. The molecular formula is C18H24O. The second-order valence-corrected chi connectivity index (χ2v) is 7.39. The number of allylic oxidation sites excluding steroid dienone is 4. The molecule has 1 unspecified atom stereocenters. The Labute approximate surface area is 116 Å². The quantitative estimate of drug-likeness (QED) is 0.591. The van der Waals surface area contributed by atoms with Crippen molar-refractivity contribution in [1.82, 2.24) is 0 Å². The fourth-order valence-electron chi connectivity index (χ4n) is 5.51. The Morgan fingerprint density at radius 3 is 2.84 bits per heavy atom. The van der Waals surface area contributed by atoms with Gasteiger partial charge in [0.15, 0.2) is 0 Å². The van der Waals surface area contributed by atoms with Crippen molar-refractivity contribution < 1.29 is 4.79 Å². The average molecular weight is 256 g/mol. The highest BCUT2D eigenvalue weighted by atomic mass is 16.1. The molecule has 2 saturated carbocycles. The normalized spacial score (nSPS) is 48.3. The average Bonchev–Trinajstić information content (AvgIpc) is 2.75. The van der Waals surface area contributed by atoms with Crippen LogP contribution in [0.1, 0.15) is 51.9 Å². The van der Waals surface area contributed by atoms with E-state index in [0.717, 1.165) is 37.0 Å². The summed E-state index contributed by atoms with van der Waals surface area (Å²) >= 11 is 0. The van der Waals surface area contributed by atoms with E-state index in [1.54, 1.807) is 5.57 Å². The van der Waals surface area contributed by atoms with E-state index >= 15 is 0 Å². The van der Waals surface area contributed by atoms with E-state index in [9.17, 15) is 4.79 Å². The monoisotopic (exact) mass is 256 g/mol. The maximum absolute atomic E-state index is 12.2. The first-order chi connectivity index (χ1) is 9.20. The number of hydrogen-bond donors (Lipinski definition) is 0. The molecule has 0 aliphatic heterocycles. The topological polar surface area (TPSA) is 17.1 Å². The summed E-state index contributed by atoms with van der Waals surface area (Å²) in [4.78, 5) is 12.2. The van der Waals surface area contributed by atoms with Crippen molar-refractivity contribution in [2.45, 2.75) is 51.9 Å². The minimum absolute atomic E-state index is 0.00842. The molecule has 4 aliphatic rings. The zero-order chi connectivity index (χ0) is 13.0. The lowest BCUT2D eigenvalue weighted by Gasteiger charge is -2.48. The van der Waals surface area contributed by atoms with Gasteiger partial charge in [0.2, 0.25) is 0 Å². The van der Waals surface area contributed by atoms with Gasteiger partial charge >= 0.3 is 0 Å². The van der Waals surface area contributed by atoms with Crippen LogP contribution in [0, 0.1) is 29.1 Å². The first-order valence-electron chi connectivity index (χ1n) is 8.08. The summed E-state index contributed by atoms with van der Waals surface area (Å²) < 4.78 is 0. The Hall–Kier alpha value is -0.850. The number of Topliss-reactive ketones (excluding diaryl/α,β-unsaturated/α-hetero) is 1. The number of fused-ring (bicyclic) bond motifs is 5. The second-order valence-electron chi connectivity index (χ2n) is 7.39. The first-order valence-corrected chi connectivity index (χ1v) is 8.08. The molecule has 4 aliphatic carbocycles. The van der Waals surface area contributed by atoms with Crippen LogP contribution < -0.4 is 0 Å². The summed E-state index contributed by atoms with van der Waals surface area (Å²) in [5, 5.41) is 0. The maximum Gasteiger partial charge on any atom is 0.139 e. The molecule has 0 radical (unpaired) electrons. The molecule has 102 valence electrons. The highest BCUT2D eigenvalue weighted by molar-refractivity contribution is 5.87. The minimum Gasteiger partial charge on any atom is -0.299 e. The van der Waals surface area contributed by atoms with E-state index < -0.39 is 0 Å². The summed E-state index contributed by atoms with van der Waals surface area (Å²) in [6.07, 6.45) is 15.5. The van der Waals surface area contributed by atoms with Crippen LogP contribution in [-0.4, -0.2) is 5.78 Å². The molecule has 0 bridgehead atoms. The lowest BCUT2D eigenvalue weighted by molar-refractivity contribution is -0.127. The summed E-state index contributed by atoms with van der Waals surface area (Å²) in [6, 6.07) is 0. The Morgan fingerprint density at radius 1 is 1.11 bits per heavy atom. The van der Waals surface area contributed by atoms with Gasteiger partial charge in [0.05, 0.1) is 0 Å². The van der Waals surface area contributed by atoms with Crippen LogP contribution in [0.15, 0.2) is 23.8 Å². The SMILES string of the molecule is C[C@]12CC=C3[C@H]4CC=CCC4CC[C@H]3[C@@H]1CCC2=O. The molecule has 0 aromatic carbocycles. The third kappa shape index (κ3) is 1.57. The first kappa shape index (κ1) is 11.9. The van der Waals surface area contributed by atoms with Gasteiger partial charge in [-0.25, -0.2) is 0 Å². The summed E-state index contributed by atoms with van der Waals surface area (Å²) in [7, 11) is 0. The molecule has 2 fully saturated rings. The number of hydrogen-bond acceptors (Lipinski definition) is 1. The number of carbonyl (C=O) groups is 1. The molecule has 1 nitrogen and oxygen atoms in total. The van der Waals surface area contributed by atoms with Crippen molar-refractivity contribution >= 4 is 5.78 Å². The lowest BCUT2D eigenvalue weighted by Crippen LogP contribution is -2.42. The Bertz CT molecular complexity index is 472. The van der Waals surface area contributed by atoms with Crippen LogP contribution in [0.3, 0.4) is 0 Å². The van der Waals surface area contributed by atoms with E-state index in [-0.39, 0.29) is 5.41 Å². The van der Waals surface area contributed by atoms with E-state index in [0.29, 0.717) is 11.7 Å². The Balaban J connectivity index is 1.70. The van der Waals surface area contributed by atoms with Crippen molar-refractivity contribution in [3.05, 3.63) is 23.8 Å². The van der Waals surface area contributed by atoms with E-state index in [2.05, 4.69) is 25.2 Å². The van der Waals surface area contributed by atoms with Gasteiger partial charge < -0.3 is 0 Å². The molecular weight excluding hydrogens is 232 g/mol. The van der Waals surface area contributed by atoms with Crippen LogP contribution in [-0.2, 0) is 4.79 Å². The zero-order valence-corrected chi connectivity index (χ0v) is 11.9. The third-order valence-corrected chi connectivity index (χ3v) is 6.65. The van der Waals surface area contributed by atoms with Crippen LogP contribution in [0.5, 0.6) is 0 Å². The molecule has 19 heavy (non-hydrogen) atoms. The zero-order valence-electron chi connectivity index (χ0n) is 11.9. The van der Waals surface area contributed by atoms with Crippen molar-refractivity contribution in [2.24, 2.45) is 29.1 Å². The molecule has 0 saturated heterocycles. The summed E-state index contributed by atoms with van der Waals surface area (Å²) in [6.45, 7) is 2.24. The molecule has 0 spiro atoms. The van der Waals surface area contributed by atoms with Gasteiger partial charge in [-0.3, -0.25) is 4.79 Å². The largest absolute Gasteiger partial charge is 0.299 e. The van der Waals surface area contributed by atoms with Gasteiger partial charge in [0, 0.05) is 11.8 Å². The van der Waals surface area contributed by atoms with Crippen LogP contribution in [0.4, 0.5) is 0 Å². The van der Waals surface area contributed by atoms with Crippen molar-refractivity contribution in [2.75, 3.05) is 0 Å². The highest BCUT2D eigenvalue weighted by Gasteiger charge is 2.53. The number of carbonyl (C=O) groups excluding carboxylic acids is 1.